The number of amides is 1. The highest BCUT2D eigenvalue weighted by Gasteiger charge is 2.39. The van der Waals surface area contributed by atoms with Crippen LogP contribution in [0, 0.1) is 0 Å². The van der Waals surface area contributed by atoms with E-state index in [9.17, 15) is 4.79 Å². The van der Waals surface area contributed by atoms with E-state index in [2.05, 4.69) is 5.32 Å². The van der Waals surface area contributed by atoms with Gasteiger partial charge in [0.15, 0.2) is 5.76 Å². The molecule has 1 spiro atoms. The molecule has 0 bridgehead atoms. The lowest BCUT2D eigenvalue weighted by Crippen LogP contribution is -2.56. The molecule has 1 amide bonds. The monoisotopic (exact) mass is 344 g/mol. The number of hydrogen-bond donors (Lipinski definition) is 1. The van der Waals surface area contributed by atoms with Crippen LogP contribution in [-0.2, 0) is 16.1 Å². The zero-order chi connectivity index (χ0) is 17.3. The van der Waals surface area contributed by atoms with E-state index >= 15 is 0 Å². The molecule has 0 radical (unpaired) electrons. The highest BCUT2D eigenvalue weighted by molar-refractivity contribution is 5.99. The van der Waals surface area contributed by atoms with E-state index in [0.29, 0.717) is 25.5 Å². The van der Waals surface area contributed by atoms with Crippen molar-refractivity contribution in [1.82, 2.24) is 10.2 Å². The Hall–Kier alpha value is -1.89. The summed E-state index contributed by atoms with van der Waals surface area (Å²) >= 11 is 0. The number of morpholine rings is 1. The molecule has 0 unspecified atom stereocenters. The van der Waals surface area contributed by atoms with Crippen molar-refractivity contribution in [3.8, 4) is 0 Å². The molecule has 134 valence electrons. The van der Waals surface area contributed by atoms with Gasteiger partial charge in [0.25, 0.3) is 5.91 Å². The molecule has 2 aliphatic heterocycles. The molecule has 1 N–H and O–H groups in total. The molecular weight excluding hydrogens is 320 g/mol. The average Bonchev–Trinajstić information content (AvgIpc) is 3.02. The average molecular weight is 344 g/mol. The predicted molar refractivity (Wildman–Crippen MR) is 93.6 cm³/mol. The van der Waals surface area contributed by atoms with Gasteiger partial charge in [0.2, 0.25) is 0 Å². The third kappa shape index (κ3) is 3.05. The van der Waals surface area contributed by atoms with Crippen LogP contribution < -0.4 is 5.32 Å². The van der Waals surface area contributed by atoms with Gasteiger partial charge in [-0.3, -0.25) is 4.79 Å². The summed E-state index contributed by atoms with van der Waals surface area (Å²) in [7, 11) is 1.63. The van der Waals surface area contributed by atoms with Crippen LogP contribution in [0.2, 0.25) is 0 Å². The second-order valence-corrected chi connectivity index (χ2v) is 6.84. The van der Waals surface area contributed by atoms with E-state index in [1.54, 1.807) is 7.11 Å². The molecule has 6 heteroatoms. The molecule has 4 rings (SSSR count). The molecule has 2 saturated heterocycles. The van der Waals surface area contributed by atoms with Crippen molar-refractivity contribution < 1.29 is 18.7 Å². The number of likely N-dealkylation sites (tertiary alicyclic amines) is 1. The van der Waals surface area contributed by atoms with E-state index in [1.807, 2.05) is 29.2 Å². The summed E-state index contributed by atoms with van der Waals surface area (Å²) in [6.07, 6.45) is 1.71. The first-order valence-corrected chi connectivity index (χ1v) is 8.86. The minimum atomic E-state index is -0.113. The molecule has 0 atom stereocenters. The number of furan rings is 1. The Balaban J connectivity index is 1.55. The Kier molecular flexibility index (Phi) is 4.50. The fraction of sp³-hybridized carbons (Fsp3) is 0.526. The molecule has 2 aliphatic rings. The van der Waals surface area contributed by atoms with Gasteiger partial charge in [0, 0.05) is 44.2 Å². The van der Waals surface area contributed by atoms with E-state index in [0.717, 1.165) is 49.1 Å². The Labute approximate surface area is 147 Å². The van der Waals surface area contributed by atoms with Crippen molar-refractivity contribution in [2.75, 3.05) is 39.9 Å². The molecule has 1 aromatic carbocycles. The first-order chi connectivity index (χ1) is 12.2. The lowest BCUT2D eigenvalue weighted by atomic mass is 9.90. The van der Waals surface area contributed by atoms with Crippen molar-refractivity contribution in [3.05, 3.63) is 35.6 Å². The molecule has 1 aromatic heterocycles. The number of fused-ring (bicyclic) bond motifs is 1. The minimum Gasteiger partial charge on any atom is -0.451 e. The van der Waals surface area contributed by atoms with Gasteiger partial charge in [0.05, 0.1) is 18.8 Å². The van der Waals surface area contributed by atoms with Gasteiger partial charge in [-0.2, -0.15) is 0 Å². The van der Waals surface area contributed by atoms with Crippen LogP contribution in [0.25, 0.3) is 11.0 Å². The topological polar surface area (TPSA) is 63.9 Å². The van der Waals surface area contributed by atoms with Crippen LogP contribution in [0.5, 0.6) is 0 Å². The Morgan fingerprint density at radius 2 is 2.12 bits per heavy atom. The Bertz CT molecular complexity index is 754. The van der Waals surface area contributed by atoms with Gasteiger partial charge < -0.3 is 24.1 Å². The Morgan fingerprint density at radius 1 is 1.32 bits per heavy atom. The van der Waals surface area contributed by atoms with Gasteiger partial charge in [-0.05, 0) is 18.9 Å². The number of carbonyl (C=O) groups is 1. The van der Waals surface area contributed by atoms with Crippen LogP contribution in [0.1, 0.15) is 29.0 Å². The van der Waals surface area contributed by atoms with Crippen LogP contribution in [0.3, 0.4) is 0 Å². The second-order valence-electron chi connectivity index (χ2n) is 6.84. The number of nitrogens with zero attached hydrogens (tertiary/aromatic N) is 1. The first kappa shape index (κ1) is 16.6. The van der Waals surface area contributed by atoms with Crippen molar-refractivity contribution in [2.24, 2.45) is 0 Å². The van der Waals surface area contributed by atoms with Crippen LogP contribution in [-0.4, -0.2) is 56.3 Å². The van der Waals surface area contributed by atoms with E-state index in [-0.39, 0.29) is 11.5 Å². The second kappa shape index (κ2) is 6.78. The summed E-state index contributed by atoms with van der Waals surface area (Å²) in [5, 5.41) is 4.35. The largest absolute Gasteiger partial charge is 0.451 e. The summed E-state index contributed by atoms with van der Waals surface area (Å²) in [6.45, 7) is 4.25. The van der Waals surface area contributed by atoms with Gasteiger partial charge in [-0.25, -0.2) is 0 Å². The number of piperidine rings is 1. The number of nitrogens with one attached hydrogen (secondary N) is 1. The smallest absolute Gasteiger partial charge is 0.289 e. The normalized spacial score (nSPS) is 20.3. The molecule has 3 heterocycles. The summed E-state index contributed by atoms with van der Waals surface area (Å²) in [5.41, 5.74) is 1.45. The van der Waals surface area contributed by atoms with Gasteiger partial charge in [-0.15, -0.1) is 0 Å². The SMILES string of the molecule is COCc1c(C(=O)N2CCC3(CC2)CNCCO3)oc2ccccc12. The van der Waals surface area contributed by atoms with E-state index < -0.39 is 0 Å². The predicted octanol–water partition coefficient (Wildman–Crippen LogP) is 2.17. The number of para-hydroxylation sites is 1. The number of hydrogen-bond acceptors (Lipinski definition) is 5. The zero-order valence-electron chi connectivity index (χ0n) is 14.5. The summed E-state index contributed by atoms with van der Waals surface area (Å²) in [4.78, 5) is 14.9. The third-order valence-corrected chi connectivity index (χ3v) is 5.28. The fourth-order valence-corrected chi connectivity index (χ4v) is 3.85. The van der Waals surface area contributed by atoms with E-state index in [4.69, 9.17) is 13.9 Å². The molecule has 0 saturated carbocycles. The lowest BCUT2D eigenvalue weighted by molar-refractivity contribution is -0.0956. The molecule has 2 aromatic rings. The molecule has 6 nitrogen and oxygen atoms in total. The van der Waals surface area contributed by atoms with Crippen LogP contribution in [0.15, 0.2) is 28.7 Å². The summed E-state index contributed by atoms with van der Waals surface area (Å²) in [6, 6.07) is 7.72. The highest BCUT2D eigenvalue weighted by Crippen LogP contribution is 2.31. The van der Waals surface area contributed by atoms with Crippen molar-refractivity contribution in [3.63, 3.8) is 0 Å². The van der Waals surface area contributed by atoms with Gasteiger partial charge >= 0.3 is 0 Å². The van der Waals surface area contributed by atoms with Crippen molar-refractivity contribution >= 4 is 16.9 Å². The van der Waals surface area contributed by atoms with Gasteiger partial charge in [0.1, 0.15) is 5.58 Å². The zero-order valence-corrected chi connectivity index (χ0v) is 14.5. The number of benzene rings is 1. The lowest BCUT2D eigenvalue weighted by Gasteiger charge is -2.43. The van der Waals surface area contributed by atoms with E-state index in [1.165, 1.54) is 0 Å². The molecular formula is C19H24N2O4. The van der Waals surface area contributed by atoms with Crippen molar-refractivity contribution in [2.45, 2.75) is 25.0 Å². The number of carbonyl (C=O) groups excluding carboxylic acids is 1. The maximum atomic E-state index is 13.1. The summed E-state index contributed by atoms with van der Waals surface area (Å²) in [5.74, 6) is 0.351. The Morgan fingerprint density at radius 3 is 2.84 bits per heavy atom. The van der Waals surface area contributed by atoms with Crippen molar-refractivity contribution in [1.29, 1.82) is 0 Å². The minimum absolute atomic E-state index is 0.0538. The molecule has 2 fully saturated rings. The fourth-order valence-electron chi connectivity index (χ4n) is 3.85. The third-order valence-electron chi connectivity index (χ3n) is 5.28. The van der Waals surface area contributed by atoms with Crippen LogP contribution >= 0.6 is 0 Å². The van der Waals surface area contributed by atoms with Crippen LogP contribution in [0.4, 0.5) is 0 Å². The maximum Gasteiger partial charge on any atom is 0.289 e. The highest BCUT2D eigenvalue weighted by atomic mass is 16.5. The molecule has 0 aliphatic carbocycles. The molecule has 25 heavy (non-hydrogen) atoms. The summed E-state index contributed by atoms with van der Waals surface area (Å²) < 4.78 is 17.2. The first-order valence-electron chi connectivity index (χ1n) is 8.86. The number of rotatable bonds is 3. The quantitative estimate of drug-likeness (QED) is 0.925. The van der Waals surface area contributed by atoms with Gasteiger partial charge in [-0.1, -0.05) is 18.2 Å². The maximum absolute atomic E-state index is 13.1. The number of ether oxygens (including phenoxy) is 2. The standard InChI is InChI=1S/C19H24N2O4/c1-23-12-15-14-4-2-3-5-16(14)25-17(15)18(22)21-9-6-19(7-10-21)13-20-8-11-24-19/h2-5,20H,6-13H2,1H3. The number of methoxy groups -OCH3 is 1.